The van der Waals surface area contributed by atoms with Crippen molar-refractivity contribution in [1.29, 1.82) is 0 Å². The summed E-state index contributed by atoms with van der Waals surface area (Å²) in [5.74, 6) is -0.189. The number of β-amino-alcohol motifs (C(OH)–C–C–N with tert-alkyl or cyclic N) is 1. The molecule has 25 heavy (non-hydrogen) atoms. The van der Waals surface area contributed by atoms with Gasteiger partial charge in [0.15, 0.2) is 0 Å². The van der Waals surface area contributed by atoms with Gasteiger partial charge in [-0.05, 0) is 30.3 Å². The maximum atomic E-state index is 13.4. The Hall–Kier alpha value is -2.44. The number of aliphatic hydroxyl groups is 1. The molecular weight excluding hydrogens is 325 g/mol. The van der Waals surface area contributed by atoms with Gasteiger partial charge in [0, 0.05) is 12.1 Å². The van der Waals surface area contributed by atoms with Gasteiger partial charge >= 0.3 is 0 Å². The highest BCUT2D eigenvalue weighted by Crippen LogP contribution is 2.18. The average Bonchev–Trinajstić information content (AvgIpc) is 2.83. The molecule has 1 amide bonds. The fraction of sp³-hybridized carbons (Fsp3) is 0.316. The summed E-state index contributed by atoms with van der Waals surface area (Å²) in [6, 6.07) is 14.6. The van der Waals surface area contributed by atoms with E-state index in [2.05, 4.69) is 0 Å². The van der Waals surface area contributed by atoms with E-state index in [1.54, 1.807) is 18.2 Å². The van der Waals surface area contributed by atoms with E-state index in [9.17, 15) is 14.3 Å². The molecule has 0 unspecified atom stereocenters. The Morgan fingerprint density at radius 1 is 1.24 bits per heavy atom. The Labute approximate surface area is 145 Å². The number of hydrogen-bond donors (Lipinski definition) is 1. The fourth-order valence-corrected chi connectivity index (χ4v) is 2.72. The van der Waals surface area contributed by atoms with E-state index in [4.69, 9.17) is 9.47 Å². The Morgan fingerprint density at radius 2 is 2.04 bits per heavy atom. The number of nitrogens with zero attached hydrogens (tertiary/aromatic N) is 1. The highest BCUT2D eigenvalue weighted by atomic mass is 19.1. The molecule has 0 saturated carbocycles. The Bertz CT molecular complexity index is 724. The number of benzene rings is 2. The van der Waals surface area contributed by atoms with Gasteiger partial charge in [0.1, 0.15) is 23.8 Å². The minimum Gasteiger partial charge on any atom is -0.490 e. The predicted octanol–water partition coefficient (Wildman–Crippen LogP) is 2.11. The predicted molar refractivity (Wildman–Crippen MR) is 90.0 cm³/mol. The SMILES string of the molecule is O=C(c1cccc(F)c1)N1CCOC[C@](O)(COc2ccccc2)C1. The fourth-order valence-electron chi connectivity index (χ4n) is 2.72. The Kier molecular flexibility index (Phi) is 5.31. The number of hydrogen-bond acceptors (Lipinski definition) is 4. The molecule has 1 N–H and O–H groups in total. The van der Waals surface area contributed by atoms with E-state index in [1.807, 2.05) is 18.2 Å². The second kappa shape index (κ2) is 7.63. The lowest BCUT2D eigenvalue weighted by Crippen LogP contribution is -2.50. The van der Waals surface area contributed by atoms with E-state index in [-0.39, 0.29) is 31.2 Å². The highest BCUT2D eigenvalue weighted by Gasteiger charge is 2.35. The molecule has 1 aliphatic heterocycles. The number of para-hydroxylation sites is 1. The van der Waals surface area contributed by atoms with Gasteiger partial charge in [-0.25, -0.2) is 4.39 Å². The zero-order chi connectivity index (χ0) is 17.7. The monoisotopic (exact) mass is 345 g/mol. The number of ether oxygens (including phenoxy) is 2. The van der Waals surface area contributed by atoms with Gasteiger partial charge in [0.2, 0.25) is 0 Å². The van der Waals surface area contributed by atoms with Gasteiger partial charge in [0.25, 0.3) is 5.91 Å². The standard InChI is InChI=1S/C19H20FNO4/c20-16-6-4-5-15(11-16)18(22)21-9-10-24-13-19(23,12-21)14-25-17-7-2-1-3-8-17/h1-8,11,23H,9-10,12-14H2/t19-/m0/s1. The summed E-state index contributed by atoms with van der Waals surface area (Å²) in [7, 11) is 0. The summed E-state index contributed by atoms with van der Waals surface area (Å²) in [6.45, 7) is 0.726. The third-order valence-corrected chi connectivity index (χ3v) is 3.97. The number of carbonyl (C=O) groups excluding carboxylic acids is 1. The van der Waals surface area contributed by atoms with Crippen molar-refractivity contribution in [1.82, 2.24) is 4.90 Å². The van der Waals surface area contributed by atoms with E-state index in [1.165, 1.54) is 23.1 Å². The van der Waals surface area contributed by atoms with Crippen molar-refractivity contribution in [2.45, 2.75) is 5.60 Å². The van der Waals surface area contributed by atoms with Crippen LogP contribution in [0.25, 0.3) is 0 Å². The first-order chi connectivity index (χ1) is 12.1. The highest BCUT2D eigenvalue weighted by molar-refractivity contribution is 5.94. The van der Waals surface area contributed by atoms with Crippen LogP contribution >= 0.6 is 0 Å². The molecular formula is C19H20FNO4. The summed E-state index contributed by atoms with van der Waals surface area (Å²) in [5.41, 5.74) is -1.09. The average molecular weight is 345 g/mol. The third kappa shape index (κ3) is 4.55. The largest absolute Gasteiger partial charge is 0.490 e. The van der Waals surface area contributed by atoms with Crippen LogP contribution in [0.15, 0.2) is 54.6 Å². The normalized spacial score (nSPS) is 20.8. The van der Waals surface area contributed by atoms with Crippen molar-refractivity contribution in [2.24, 2.45) is 0 Å². The summed E-state index contributed by atoms with van der Waals surface area (Å²) in [6.07, 6.45) is 0. The molecule has 0 bridgehead atoms. The van der Waals surface area contributed by atoms with Crippen molar-refractivity contribution in [3.8, 4) is 5.75 Å². The Morgan fingerprint density at radius 3 is 2.80 bits per heavy atom. The van der Waals surface area contributed by atoms with Crippen LogP contribution in [0, 0.1) is 5.82 Å². The molecule has 0 aliphatic carbocycles. The first-order valence-corrected chi connectivity index (χ1v) is 8.09. The lowest BCUT2D eigenvalue weighted by molar-refractivity contribution is -0.0621. The summed E-state index contributed by atoms with van der Waals surface area (Å²) in [5, 5.41) is 10.8. The summed E-state index contributed by atoms with van der Waals surface area (Å²) < 4.78 is 24.4. The van der Waals surface area contributed by atoms with Gasteiger partial charge in [-0.1, -0.05) is 24.3 Å². The van der Waals surface area contributed by atoms with E-state index in [0.29, 0.717) is 18.9 Å². The van der Waals surface area contributed by atoms with E-state index >= 15 is 0 Å². The molecule has 3 rings (SSSR count). The molecule has 2 aromatic carbocycles. The molecule has 0 spiro atoms. The van der Waals surface area contributed by atoms with Crippen LogP contribution in [0.5, 0.6) is 5.75 Å². The maximum Gasteiger partial charge on any atom is 0.254 e. The second-order valence-electron chi connectivity index (χ2n) is 6.12. The van der Waals surface area contributed by atoms with Crippen molar-refractivity contribution in [3.63, 3.8) is 0 Å². The zero-order valence-corrected chi connectivity index (χ0v) is 13.7. The molecule has 0 radical (unpaired) electrons. The lowest BCUT2D eigenvalue weighted by atomic mass is 10.1. The summed E-state index contributed by atoms with van der Waals surface area (Å²) >= 11 is 0. The second-order valence-corrected chi connectivity index (χ2v) is 6.12. The number of halogens is 1. The lowest BCUT2D eigenvalue weighted by Gasteiger charge is -2.30. The molecule has 2 aromatic rings. The van der Waals surface area contributed by atoms with Crippen LogP contribution in [0.2, 0.25) is 0 Å². The molecule has 1 atom stereocenters. The van der Waals surface area contributed by atoms with Crippen molar-refractivity contribution < 1.29 is 23.8 Å². The molecule has 1 fully saturated rings. The van der Waals surface area contributed by atoms with Crippen molar-refractivity contribution in [3.05, 3.63) is 66.0 Å². The Balaban J connectivity index is 1.70. The molecule has 0 aromatic heterocycles. The zero-order valence-electron chi connectivity index (χ0n) is 13.7. The summed E-state index contributed by atoms with van der Waals surface area (Å²) in [4.78, 5) is 14.1. The number of amides is 1. The molecule has 1 heterocycles. The molecule has 1 saturated heterocycles. The molecule has 5 nitrogen and oxygen atoms in total. The molecule has 6 heteroatoms. The number of rotatable bonds is 4. The smallest absolute Gasteiger partial charge is 0.254 e. The van der Waals surface area contributed by atoms with Crippen LogP contribution in [0.3, 0.4) is 0 Å². The quantitative estimate of drug-likeness (QED) is 0.922. The first-order valence-electron chi connectivity index (χ1n) is 8.09. The van der Waals surface area contributed by atoms with Crippen molar-refractivity contribution >= 4 is 5.91 Å². The maximum absolute atomic E-state index is 13.4. The first kappa shape index (κ1) is 17.4. The van der Waals surface area contributed by atoms with Crippen LogP contribution in [0.4, 0.5) is 4.39 Å². The van der Waals surface area contributed by atoms with Gasteiger partial charge < -0.3 is 19.5 Å². The van der Waals surface area contributed by atoms with Gasteiger partial charge in [-0.15, -0.1) is 0 Å². The third-order valence-electron chi connectivity index (χ3n) is 3.97. The van der Waals surface area contributed by atoms with Crippen molar-refractivity contribution in [2.75, 3.05) is 32.9 Å². The van der Waals surface area contributed by atoms with Crippen LogP contribution in [0.1, 0.15) is 10.4 Å². The van der Waals surface area contributed by atoms with Gasteiger partial charge in [0.05, 0.1) is 19.8 Å². The number of carbonyl (C=O) groups is 1. The molecule has 132 valence electrons. The minimum atomic E-state index is -1.34. The van der Waals surface area contributed by atoms with Crippen LogP contribution in [-0.4, -0.2) is 54.4 Å². The van der Waals surface area contributed by atoms with Gasteiger partial charge in [-0.3, -0.25) is 4.79 Å². The van der Waals surface area contributed by atoms with Crippen LogP contribution < -0.4 is 4.74 Å². The van der Waals surface area contributed by atoms with Gasteiger partial charge in [-0.2, -0.15) is 0 Å². The minimum absolute atomic E-state index is 0.00998. The van der Waals surface area contributed by atoms with E-state index in [0.717, 1.165) is 0 Å². The topological polar surface area (TPSA) is 59.0 Å². The molecule has 1 aliphatic rings. The van der Waals surface area contributed by atoms with E-state index < -0.39 is 11.4 Å². The van der Waals surface area contributed by atoms with Crippen LogP contribution in [-0.2, 0) is 4.74 Å².